The van der Waals surface area contributed by atoms with Gasteiger partial charge in [-0.3, -0.25) is 9.48 Å². The Morgan fingerprint density at radius 1 is 1.08 bits per heavy atom. The number of hydrogen-bond acceptors (Lipinski definition) is 6. The van der Waals surface area contributed by atoms with Gasteiger partial charge in [-0.1, -0.05) is 24.3 Å². The lowest BCUT2D eigenvalue weighted by Gasteiger charge is -2.26. The van der Waals surface area contributed by atoms with Crippen LogP contribution < -0.4 is 10.0 Å². The van der Waals surface area contributed by atoms with Crippen molar-refractivity contribution in [2.24, 2.45) is 7.05 Å². The van der Waals surface area contributed by atoms with Gasteiger partial charge in [0.25, 0.3) is 0 Å². The first kappa shape index (κ1) is 26.8. The van der Waals surface area contributed by atoms with Gasteiger partial charge in [-0.2, -0.15) is 5.10 Å². The molecule has 1 amide bonds. The summed E-state index contributed by atoms with van der Waals surface area (Å²) < 4.78 is 44.8. The quantitative estimate of drug-likeness (QED) is 0.420. The fraction of sp³-hybridized carbons (Fsp3) is 0.385. The average Bonchev–Trinajstić information content (AvgIpc) is 3.37. The van der Waals surface area contributed by atoms with E-state index in [4.69, 9.17) is 0 Å². The van der Waals surface area contributed by atoms with E-state index in [2.05, 4.69) is 20.0 Å². The van der Waals surface area contributed by atoms with Crippen LogP contribution in [0.15, 0.2) is 59.6 Å². The number of nitrogens with zero attached hydrogens (tertiary/aromatic N) is 4. The molecule has 9 nitrogen and oxygen atoms in total. The molecule has 37 heavy (non-hydrogen) atoms. The number of halogens is 1. The summed E-state index contributed by atoms with van der Waals surface area (Å²) >= 11 is 0. The Bertz CT molecular complexity index is 1360. The Morgan fingerprint density at radius 3 is 2.41 bits per heavy atom. The van der Waals surface area contributed by atoms with Crippen LogP contribution in [0.4, 0.5) is 10.1 Å². The number of anilines is 1. The second-order valence-corrected chi connectivity index (χ2v) is 11.4. The number of benzene rings is 2. The SMILES string of the molecule is CN(C)Cc1ccc(CCNS(=O)(=O)c2ccc(N[C@@H]3CC(=O)N(C)[C@H]3c3ccnn3C)c(F)c2)cc1. The van der Waals surface area contributed by atoms with Gasteiger partial charge in [-0.25, -0.2) is 17.5 Å². The van der Waals surface area contributed by atoms with E-state index in [0.29, 0.717) is 6.42 Å². The minimum absolute atomic E-state index is 0.0696. The summed E-state index contributed by atoms with van der Waals surface area (Å²) in [5, 5.41) is 7.28. The number of rotatable bonds is 10. The van der Waals surface area contributed by atoms with Crippen LogP contribution >= 0.6 is 0 Å². The van der Waals surface area contributed by atoms with Gasteiger partial charge in [0, 0.05) is 39.8 Å². The third-order valence-electron chi connectivity index (χ3n) is 6.57. The molecule has 1 aliphatic rings. The Hall–Kier alpha value is -3.28. The van der Waals surface area contributed by atoms with Crippen molar-refractivity contribution in [3.8, 4) is 0 Å². The third-order valence-corrected chi connectivity index (χ3v) is 8.03. The number of aromatic nitrogens is 2. The van der Waals surface area contributed by atoms with Crippen molar-refractivity contribution >= 4 is 21.6 Å². The van der Waals surface area contributed by atoms with E-state index in [-0.39, 0.29) is 35.5 Å². The van der Waals surface area contributed by atoms with E-state index in [9.17, 15) is 13.2 Å². The molecule has 2 atom stereocenters. The van der Waals surface area contributed by atoms with Crippen LogP contribution in [0.3, 0.4) is 0 Å². The fourth-order valence-corrected chi connectivity index (χ4v) is 5.69. The molecule has 11 heteroatoms. The van der Waals surface area contributed by atoms with Gasteiger partial charge < -0.3 is 15.1 Å². The normalized spacial score (nSPS) is 18.1. The zero-order chi connectivity index (χ0) is 26.7. The molecular weight excluding hydrogens is 495 g/mol. The molecular formula is C26H33FN6O3S. The van der Waals surface area contributed by atoms with Gasteiger partial charge in [0.1, 0.15) is 5.82 Å². The van der Waals surface area contributed by atoms with E-state index in [1.54, 1.807) is 29.9 Å². The lowest BCUT2D eigenvalue weighted by Crippen LogP contribution is -2.31. The summed E-state index contributed by atoms with van der Waals surface area (Å²) in [6.07, 6.45) is 2.35. The fourth-order valence-electron chi connectivity index (χ4n) is 4.65. The highest BCUT2D eigenvalue weighted by atomic mass is 32.2. The van der Waals surface area contributed by atoms with Crippen molar-refractivity contribution < 1.29 is 17.6 Å². The molecule has 2 aromatic carbocycles. The summed E-state index contributed by atoms with van der Waals surface area (Å²) in [6.45, 7) is 1.03. The zero-order valence-corrected chi connectivity index (χ0v) is 22.3. The summed E-state index contributed by atoms with van der Waals surface area (Å²) in [5.74, 6) is -0.773. The molecule has 3 aromatic rings. The van der Waals surface area contributed by atoms with Crippen LogP contribution in [0, 0.1) is 5.82 Å². The van der Waals surface area contributed by atoms with Crippen LogP contribution in [-0.2, 0) is 34.8 Å². The second kappa shape index (κ2) is 11.0. The van der Waals surface area contributed by atoms with Gasteiger partial charge in [0.05, 0.1) is 28.4 Å². The number of amides is 1. The molecule has 1 saturated heterocycles. The molecule has 0 spiro atoms. The van der Waals surface area contributed by atoms with E-state index in [1.165, 1.54) is 17.7 Å². The van der Waals surface area contributed by atoms with Gasteiger partial charge in [-0.15, -0.1) is 0 Å². The van der Waals surface area contributed by atoms with Gasteiger partial charge >= 0.3 is 0 Å². The number of likely N-dealkylation sites (tertiary alicyclic amines) is 1. The van der Waals surface area contributed by atoms with Crippen LogP contribution in [0.2, 0.25) is 0 Å². The maximum absolute atomic E-state index is 15.0. The van der Waals surface area contributed by atoms with Crippen molar-refractivity contribution in [3.05, 3.63) is 77.4 Å². The monoisotopic (exact) mass is 528 g/mol. The molecule has 2 N–H and O–H groups in total. The van der Waals surface area contributed by atoms with Crippen LogP contribution in [0.25, 0.3) is 0 Å². The predicted octanol–water partition coefficient (Wildman–Crippen LogP) is 2.53. The number of hydrogen-bond donors (Lipinski definition) is 2. The number of carbonyl (C=O) groups excluding carboxylic acids is 1. The molecule has 1 aliphatic heterocycles. The van der Waals surface area contributed by atoms with Crippen LogP contribution in [0.5, 0.6) is 0 Å². The van der Waals surface area contributed by atoms with Crippen molar-refractivity contribution in [2.45, 2.75) is 36.4 Å². The Labute approximate surface area is 217 Å². The van der Waals surface area contributed by atoms with E-state index in [1.807, 2.05) is 44.4 Å². The van der Waals surface area contributed by atoms with E-state index in [0.717, 1.165) is 23.9 Å². The number of nitrogens with one attached hydrogen (secondary N) is 2. The Kier molecular flexibility index (Phi) is 7.96. The summed E-state index contributed by atoms with van der Waals surface area (Å²) in [4.78, 5) is 15.9. The number of sulfonamides is 1. The largest absolute Gasteiger partial charge is 0.377 e. The highest BCUT2D eigenvalue weighted by Crippen LogP contribution is 2.34. The molecule has 198 valence electrons. The molecule has 0 saturated carbocycles. The lowest BCUT2D eigenvalue weighted by molar-refractivity contribution is -0.127. The molecule has 0 bridgehead atoms. The van der Waals surface area contributed by atoms with Crippen molar-refractivity contribution in [1.29, 1.82) is 0 Å². The minimum Gasteiger partial charge on any atom is -0.377 e. The number of carbonyl (C=O) groups is 1. The highest BCUT2D eigenvalue weighted by molar-refractivity contribution is 7.89. The standard InChI is InChI=1S/C26H33FN6O3S/c1-31(2)17-19-7-5-18(6-8-19)11-14-29-37(35,36)20-9-10-22(21(27)15-20)30-23-16-25(34)32(3)26(23)24-12-13-28-33(24)4/h5-10,12-13,15,23,26,29-30H,11,14,16-17H2,1-4H3/t23-,26-/m1/s1. The van der Waals surface area contributed by atoms with Crippen molar-refractivity contribution in [1.82, 2.24) is 24.3 Å². The number of likely N-dealkylation sites (N-methyl/N-ethyl adjacent to an activating group) is 1. The van der Waals surface area contributed by atoms with Crippen LogP contribution in [-0.4, -0.2) is 67.6 Å². The van der Waals surface area contributed by atoms with Crippen molar-refractivity contribution in [3.63, 3.8) is 0 Å². The van der Waals surface area contributed by atoms with Crippen LogP contribution in [0.1, 0.15) is 29.3 Å². The Morgan fingerprint density at radius 2 is 1.78 bits per heavy atom. The van der Waals surface area contributed by atoms with Gasteiger partial charge in [0.15, 0.2) is 0 Å². The first-order valence-corrected chi connectivity index (χ1v) is 13.6. The molecule has 0 radical (unpaired) electrons. The first-order chi connectivity index (χ1) is 17.5. The minimum atomic E-state index is -3.89. The molecule has 4 rings (SSSR count). The maximum Gasteiger partial charge on any atom is 0.240 e. The molecule has 1 aromatic heterocycles. The summed E-state index contributed by atoms with van der Waals surface area (Å²) in [5.41, 5.74) is 3.15. The summed E-state index contributed by atoms with van der Waals surface area (Å²) in [7, 11) is 3.61. The average molecular weight is 529 g/mol. The van der Waals surface area contributed by atoms with E-state index >= 15 is 4.39 Å². The lowest BCUT2D eigenvalue weighted by atomic mass is 10.1. The summed E-state index contributed by atoms with van der Waals surface area (Å²) in [6, 6.07) is 12.9. The molecule has 0 unspecified atom stereocenters. The first-order valence-electron chi connectivity index (χ1n) is 12.1. The Balaban J connectivity index is 1.40. The van der Waals surface area contributed by atoms with Gasteiger partial charge in [-0.05, 0) is 55.9 Å². The topological polar surface area (TPSA) is 99.6 Å². The molecule has 0 aliphatic carbocycles. The highest BCUT2D eigenvalue weighted by Gasteiger charge is 2.40. The number of aryl methyl sites for hydroxylation is 1. The van der Waals surface area contributed by atoms with Gasteiger partial charge in [0.2, 0.25) is 15.9 Å². The predicted molar refractivity (Wildman–Crippen MR) is 140 cm³/mol. The molecule has 1 fully saturated rings. The zero-order valence-electron chi connectivity index (χ0n) is 21.5. The van der Waals surface area contributed by atoms with Crippen molar-refractivity contribution in [2.75, 3.05) is 33.0 Å². The smallest absolute Gasteiger partial charge is 0.240 e. The van der Waals surface area contributed by atoms with E-state index < -0.39 is 21.9 Å². The molecule has 2 heterocycles. The third kappa shape index (κ3) is 6.17. The second-order valence-electron chi connectivity index (χ2n) is 9.63. The maximum atomic E-state index is 15.0.